The van der Waals surface area contributed by atoms with Crippen LogP contribution >= 0.6 is 0 Å². The molecular formula is C8H26N6Si2. The van der Waals surface area contributed by atoms with Gasteiger partial charge in [-0.1, -0.05) is 0 Å². The Balaban J connectivity index is 4.46. The lowest BCUT2D eigenvalue weighted by Gasteiger charge is -2.39. The van der Waals surface area contributed by atoms with Crippen molar-refractivity contribution >= 4 is 18.2 Å². The Morgan fingerprint density at radius 3 is 1.19 bits per heavy atom. The third kappa shape index (κ3) is 6.06. The van der Waals surface area contributed by atoms with E-state index in [-0.39, 0.29) is 0 Å². The van der Waals surface area contributed by atoms with Crippen LogP contribution in [0.4, 0.5) is 0 Å². The predicted molar refractivity (Wildman–Crippen MR) is 72.4 cm³/mol. The Kier molecular flexibility index (Phi) is 7.60. The first kappa shape index (κ1) is 16.2. The third-order valence-electron chi connectivity index (χ3n) is 1.81. The topological polar surface area (TPSA) is 37.0 Å². The molecule has 0 saturated heterocycles. The number of nitrogens with zero attached hydrogens (tertiary/aromatic N) is 4. The van der Waals surface area contributed by atoms with E-state index in [9.17, 15) is 0 Å². The van der Waals surface area contributed by atoms with Crippen LogP contribution in [0.25, 0.3) is 0 Å². The van der Waals surface area contributed by atoms with E-state index in [2.05, 4.69) is 46.7 Å². The van der Waals surface area contributed by atoms with Gasteiger partial charge < -0.3 is 0 Å². The highest BCUT2D eigenvalue weighted by atomic mass is 28.4. The summed E-state index contributed by atoms with van der Waals surface area (Å²) in [5.74, 6) is 0. The second-order valence-corrected chi connectivity index (χ2v) is 8.43. The average Bonchev–Trinajstić information content (AvgIpc) is 1.98. The van der Waals surface area contributed by atoms with Gasteiger partial charge in [0.2, 0.25) is 18.2 Å². The molecule has 0 saturated carbocycles. The molecule has 0 aromatic heterocycles. The molecule has 0 amide bonds. The van der Waals surface area contributed by atoms with Gasteiger partial charge >= 0.3 is 0 Å². The van der Waals surface area contributed by atoms with Crippen molar-refractivity contribution in [2.24, 2.45) is 0 Å². The predicted octanol–water partition coefficient (Wildman–Crippen LogP) is -0.867. The van der Waals surface area contributed by atoms with E-state index in [0.717, 1.165) is 0 Å². The lowest BCUT2D eigenvalue weighted by Crippen LogP contribution is -2.67. The average molecular weight is 263 g/mol. The second-order valence-electron chi connectivity index (χ2n) is 4.34. The standard InChI is InChI=1S/C8H26N6Si2/c1-11(2)9-15(7)14(13(5)6)16(8)10-12(3)4/h9-10H,1-8H3. The molecular weight excluding hydrogens is 236 g/mol. The summed E-state index contributed by atoms with van der Waals surface area (Å²) in [4.78, 5) is 0. The molecule has 0 aliphatic rings. The Hall–Kier alpha value is 0.194. The van der Waals surface area contributed by atoms with E-state index < -0.39 is 18.2 Å². The van der Waals surface area contributed by atoms with Crippen LogP contribution in [-0.4, -0.2) is 79.9 Å². The monoisotopic (exact) mass is 262 g/mol. The zero-order chi connectivity index (χ0) is 12.9. The van der Waals surface area contributed by atoms with Gasteiger partial charge in [-0.25, -0.2) is 0 Å². The van der Waals surface area contributed by atoms with Crippen LogP contribution in [0, 0.1) is 0 Å². The van der Waals surface area contributed by atoms with E-state index in [0.29, 0.717) is 0 Å². The zero-order valence-corrected chi connectivity index (χ0v) is 13.8. The summed E-state index contributed by atoms with van der Waals surface area (Å²) in [5.41, 5.74) is 0. The minimum absolute atomic E-state index is 0.780. The Bertz CT molecular complexity index is 173. The van der Waals surface area contributed by atoms with Crippen molar-refractivity contribution in [2.75, 3.05) is 42.3 Å². The molecule has 0 spiro atoms. The van der Waals surface area contributed by atoms with Gasteiger partial charge in [-0.15, -0.1) is 0 Å². The lowest BCUT2D eigenvalue weighted by molar-refractivity contribution is 0.189. The molecule has 2 radical (unpaired) electrons. The quantitative estimate of drug-likeness (QED) is 0.459. The molecule has 16 heavy (non-hydrogen) atoms. The molecule has 0 rings (SSSR count). The molecule has 0 heterocycles. The molecule has 0 aromatic rings. The van der Waals surface area contributed by atoms with Crippen molar-refractivity contribution in [2.45, 2.75) is 13.1 Å². The number of nitrogens with one attached hydrogen (secondary N) is 2. The van der Waals surface area contributed by atoms with Crippen molar-refractivity contribution in [3.8, 4) is 0 Å². The maximum absolute atomic E-state index is 3.46. The van der Waals surface area contributed by atoms with E-state index in [1.54, 1.807) is 0 Å². The molecule has 2 N–H and O–H groups in total. The summed E-state index contributed by atoms with van der Waals surface area (Å²) >= 11 is 0. The molecule has 6 nitrogen and oxygen atoms in total. The van der Waals surface area contributed by atoms with Gasteiger partial charge in [0.25, 0.3) is 0 Å². The summed E-state index contributed by atoms with van der Waals surface area (Å²) < 4.78 is 2.43. The number of hydrogen-bond donors (Lipinski definition) is 2. The van der Waals surface area contributed by atoms with Gasteiger partial charge in [0.15, 0.2) is 0 Å². The van der Waals surface area contributed by atoms with Crippen LogP contribution in [0.3, 0.4) is 0 Å². The minimum Gasteiger partial charge on any atom is -0.262 e. The van der Waals surface area contributed by atoms with E-state index in [1.807, 2.05) is 38.2 Å². The fraction of sp³-hybridized carbons (Fsp3) is 1.00. The van der Waals surface area contributed by atoms with Crippen LogP contribution in [0.15, 0.2) is 0 Å². The highest BCUT2D eigenvalue weighted by Crippen LogP contribution is 1.98. The zero-order valence-electron chi connectivity index (χ0n) is 11.8. The fourth-order valence-corrected chi connectivity index (χ4v) is 6.59. The molecule has 8 heteroatoms. The molecule has 0 atom stereocenters. The number of rotatable bonds is 7. The van der Waals surface area contributed by atoms with Crippen LogP contribution < -0.4 is 10.2 Å². The largest absolute Gasteiger partial charge is 0.262 e. The van der Waals surface area contributed by atoms with Crippen molar-refractivity contribution in [3.05, 3.63) is 0 Å². The van der Waals surface area contributed by atoms with Gasteiger partial charge in [-0.2, -0.15) is 0 Å². The molecule has 0 aromatic carbocycles. The highest BCUT2D eigenvalue weighted by Gasteiger charge is 2.27. The highest BCUT2D eigenvalue weighted by molar-refractivity contribution is 6.68. The Morgan fingerprint density at radius 1 is 0.688 bits per heavy atom. The minimum atomic E-state index is -0.780. The van der Waals surface area contributed by atoms with Crippen molar-refractivity contribution in [1.82, 2.24) is 29.5 Å². The van der Waals surface area contributed by atoms with Gasteiger partial charge in [0, 0.05) is 42.3 Å². The maximum Gasteiger partial charge on any atom is 0.246 e. The molecule has 0 fully saturated rings. The van der Waals surface area contributed by atoms with Crippen LogP contribution in [0.2, 0.25) is 13.1 Å². The second kappa shape index (κ2) is 7.51. The van der Waals surface area contributed by atoms with Crippen LogP contribution in [0.1, 0.15) is 0 Å². The summed E-state index contributed by atoms with van der Waals surface area (Å²) in [6, 6.07) is 0. The molecule has 0 bridgehead atoms. The third-order valence-corrected chi connectivity index (χ3v) is 7.43. The van der Waals surface area contributed by atoms with Crippen molar-refractivity contribution in [1.29, 1.82) is 0 Å². The van der Waals surface area contributed by atoms with E-state index in [4.69, 9.17) is 0 Å². The Morgan fingerprint density at radius 2 is 1.00 bits per heavy atom. The summed E-state index contributed by atoms with van der Waals surface area (Å²) in [6.45, 7) is 4.52. The molecule has 96 valence electrons. The van der Waals surface area contributed by atoms with Gasteiger partial charge in [-0.05, 0) is 13.1 Å². The van der Waals surface area contributed by atoms with Crippen LogP contribution in [0.5, 0.6) is 0 Å². The van der Waals surface area contributed by atoms with E-state index >= 15 is 0 Å². The summed E-state index contributed by atoms with van der Waals surface area (Å²) in [7, 11) is 10.8. The van der Waals surface area contributed by atoms with Crippen molar-refractivity contribution < 1.29 is 0 Å². The first-order valence-electron chi connectivity index (χ1n) is 5.28. The van der Waals surface area contributed by atoms with Gasteiger partial charge in [-0.3, -0.25) is 29.5 Å². The normalized spacial score (nSPS) is 13.1. The number of hydrogen-bond acceptors (Lipinski definition) is 6. The first-order valence-corrected chi connectivity index (χ1v) is 9.17. The summed E-state index contributed by atoms with van der Waals surface area (Å²) in [6.07, 6.45) is 0. The van der Waals surface area contributed by atoms with Crippen LogP contribution in [-0.2, 0) is 0 Å². The smallest absolute Gasteiger partial charge is 0.246 e. The molecule has 0 unspecified atom stereocenters. The molecule has 0 aliphatic carbocycles. The number of hydrazine groups is 3. The van der Waals surface area contributed by atoms with E-state index in [1.165, 1.54) is 0 Å². The summed E-state index contributed by atoms with van der Waals surface area (Å²) in [5, 5.41) is 13.2. The SMILES string of the molecule is CN(C)N[Si](C)N(N(C)C)[Si](C)NN(C)C. The Labute approximate surface area is 104 Å². The van der Waals surface area contributed by atoms with Gasteiger partial charge in [0.1, 0.15) is 0 Å². The van der Waals surface area contributed by atoms with Gasteiger partial charge in [0.05, 0.1) is 0 Å². The van der Waals surface area contributed by atoms with Crippen molar-refractivity contribution in [3.63, 3.8) is 0 Å². The molecule has 0 aliphatic heterocycles. The lowest BCUT2D eigenvalue weighted by atomic mass is 11.2. The fourth-order valence-electron chi connectivity index (χ4n) is 1.59. The first-order chi connectivity index (χ1) is 7.25. The maximum atomic E-state index is 3.46.